The summed E-state index contributed by atoms with van der Waals surface area (Å²) in [6.07, 6.45) is 7.38. The molecule has 1 aromatic carbocycles. The van der Waals surface area contributed by atoms with E-state index in [1.54, 1.807) is 0 Å². The van der Waals surface area contributed by atoms with E-state index in [1.165, 1.54) is 32.1 Å². The topological polar surface area (TPSA) is 9.23 Å². The van der Waals surface area contributed by atoms with Gasteiger partial charge in [-0.3, -0.25) is 0 Å². The van der Waals surface area contributed by atoms with E-state index in [0.29, 0.717) is 5.92 Å². The molecule has 1 aromatic rings. The minimum Gasteiger partial charge on any atom is -0.375 e. The molecule has 1 saturated carbocycles. The van der Waals surface area contributed by atoms with E-state index >= 15 is 0 Å². The van der Waals surface area contributed by atoms with Crippen LogP contribution >= 0.6 is 0 Å². The van der Waals surface area contributed by atoms with E-state index in [1.807, 2.05) is 18.2 Å². The Hall–Kier alpha value is -1.26. The molecule has 0 aromatic heterocycles. The number of ether oxygens (including phenoxy) is 1. The van der Waals surface area contributed by atoms with Gasteiger partial charge in [-0.15, -0.1) is 0 Å². The molecule has 1 heterocycles. The quantitative estimate of drug-likeness (QED) is 0.627. The summed E-state index contributed by atoms with van der Waals surface area (Å²) < 4.78 is 6.04. The first-order chi connectivity index (χ1) is 8.86. The van der Waals surface area contributed by atoms with Gasteiger partial charge in [-0.25, -0.2) is 0 Å². The Morgan fingerprint density at radius 3 is 2.78 bits per heavy atom. The molecule has 1 aliphatic heterocycles. The van der Waals surface area contributed by atoms with Gasteiger partial charge in [0.05, 0.1) is 5.60 Å². The molecule has 1 aliphatic carbocycles. The SMILES string of the molecule is C(#C[C@H]1CC[C@@]2(CCCCO2)C1)c1ccccc1. The van der Waals surface area contributed by atoms with Gasteiger partial charge < -0.3 is 4.74 Å². The molecule has 2 fully saturated rings. The van der Waals surface area contributed by atoms with Crippen molar-refractivity contribution in [1.82, 2.24) is 0 Å². The highest BCUT2D eigenvalue weighted by Gasteiger charge is 2.40. The summed E-state index contributed by atoms with van der Waals surface area (Å²) in [6.45, 7) is 0.957. The Labute approximate surface area is 110 Å². The zero-order valence-corrected chi connectivity index (χ0v) is 10.8. The second kappa shape index (κ2) is 5.16. The Bertz CT molecular complexity index is 445. The molecule has 0 unspecified atom stereocenters. The molecule has 2 atom stereocenters. The first-order valence-electron chi connectivity index (χ1n) is 7.07. The van der Waals surface area contributed by atoms with E-state index in [-0.39, 0.29) is 5.60 Å². The minimum absolute atomic E-state index is 0.189. The van der Waals surface area contributed by atoms with E-state index in [2.05, 4.69) is 24.0 Å². The Kier molecular flexibility index (Phi) is 3.39. The maximum Gasteiger partial charge on any atom is 0.0694 e. The summed E-state index contributed by atoms with van der Waals surface area (Å²) >= 11 is 0. The third kappa shape index (κ3) is 2.60. The lowest BCUT2D eigenvalue weighted by atomic mass is 9.91. The molecule has 3 rings (SSSR count). The number of rotatable bonds is 0. The molecule has 2 aliphatic rings. The van der Waals surface area contributed by atoms with Gasteiger partial charge in [-0.05, 0) is 50.7 Å². The monoisotopic (exact) mass is 240 g/mol. The lowest BCUT2D eigenvalue weighted by Crippen LogP contribution is -2.33. The predicted octanol–water partition coefficient (Wildman–Crippen LogP) is 3.78. The van der Waals surface area contributed by atoms with Crippen LogP contribution in [0.3, 0.4) is 0 Å². The Morgan fingerprint density at radius 2 is 2.00 bits per heavy atom. The lowest BCUT2D eigenvalue weighted by Gasteiger charge is -2.33. The van der Waals surface area contributed by atoms with Crippen molar-refractivity contribution in [1.29, 1.82) is 0 Å². The second-order valence-electron chi connectivity index (χ2n) is 5.56. The molecule has 0 amide bonds. The van der Waals surface area contributed by atoms with Crippen LogP contribution in [0.15, 0.2) is 30.3 Å². The molecule has 0 N–H and O–H groups in total. The summed E-state index contributed by atoms with van der Waals surface area (Å²) in [5.74, 6) is 7.27. The summed E-state index contributed by atoms with van der Waals surface area (Å²) in [4.78, 5) is 0. The van der Waals surface area contributed by atoms with Gasteiger partial charge in [0.15, 0.2) is 0 Å². The van der Waals surface area contributed by atoms with Crippen molar-refractivity contribution in [2.24, 2.45) is 5.92 Å². The van der Waals surface area contributed by atoms with Crippen molar-refractivity contribution < 1.29 is 4.74 Å². The smallest absolute Gasteiger partial charge is 0.0694 e. The molecule has 0 radical (unpaired) electrons. The Morgan fingerprint density at radius 1 is 1.11 bits per heavy atom. The van der Waals surface area contributed by atoms with E-state index < -0.39 is 0 Å². The molecular formula is C17H20O. The molecular weight excluding hydrogens is 220 g/mol. The van der Waals surface area contributed by atoms with Gasteiger partial charge in [0.25, 0.3) is 0 Å². The zero-order chi connectivity index (χ0) is 12.3. The average molecular weight is 240 g/mol. The zero-order valence-electron chi connectivity index (χ0n) is 10.8. The molecule has 1 nitrogen and oxygen atoms in total. The van der Waals surface area contributed by atoms with Crippen molar-refractivity contribution in [3.8, 4) is 11.8 Å². The highest BCUT2D eigenvalue weighted by Crippen LogP contribution is 2.42. The summed E-state index contributed by atoms with van der Waals surface area (Å²) in [7, 11) is 0. The Balaban J connectivity index is 1.64. The predicted molar refractivity (Wildman–Crippen MR) is 73.2 cm³/mol. The van der Waals surface area contributed by atoms with Gasteiger partial charge in [0.2, 0.25) is 0 Å². The highest BCUT2D eigenvalue weighted by molar-refractivity contribution is 5.34. The largest absolute Gasteiger partial charge is 0.375 e. The van der Waals surface area contributed by atoms with Gasteiger partial charge >= 0.3 is 0 Å². The maximum absolute atomic E-state index is 6.04. The normalized spacial score (nSPS) is 31.0. The number of hydrogen-bond donors (Lipinski definition) is 0. The van der Waals surface area contributed by atoms with Crippen molar-refractivity contribution in [3.63, 3.8) is 0 Å². The average Bonchev–Trinajstić information content (AvgIpc) is 2.82. The maximum atomic E-state index is 6.04. The minimum atomic E-state index is 0.189. The van der Waals surface area contributed by atoms with Crippen molar-refractivity contribution >= 4 is 0 Å². The number of benzene rings is 1. The van der Waals surface area contributed by atoms with E-state index in [4.69, 9.17) is 4.74 Å². The summed E-state index contributed by atoms with van der Waals surface area (Å²) in [6, 6.07) is 10.3. The molecule has 1 spiro atoms. The van der Waals surface area contributed by atoms with Crippen LogP contribution in [0.5, 0.6) is 0 Å². The molecule has 1 heteroatoms. The van der Waals surface area contributed by atoms with Crippen LogP contribution in [0.2, 0.25) is 0 Å². The molecule has 1 saturated heterocycles. The summed E-state index contributed by atoms with van der Waals surface area (Å²) in [5, 5.41) is 0. The van der Waals surface area contributed by atoms with Crippen LogP contribution in [0.4, 0.5) is 0 Å². The van der Waals surface area contributed by atoms with Gasteiger partial charge in [-0.1, -0.05) is 30.0 Å². The lowest BCUT2D eigenvalue weighted by molar-refractivity contribution is -0.0742. The van der Waals surface area contributed by atoms with Crippen LogP contribution in [-0.2, 0) is 4.74 Å². The van der Waals surface area contributed by atoms with Gasteiger partial charge in [0.1, 0.15) is 0 Å². The van der Waals surface area contributed by atoms with Crippen LogP contribution in [0, 0.1) is 17.8 Å². The standard InChI is InChI=1S/C17H20O/c1-2-6-15(7-3-1)8-9-16-10-12-17(14-16)11-4-5-13-18-17/h1-3,6-7,16H,4-5,10-14H2/t16-,17-/m0/s1. The van der Waals surface area contributed by atoms with Gasteiger partial charge in [0, 0.05) is 18.1 Å². The fourth-order valence-corrected chi connectivity index (χ4v) is 3.19. The first-order valence-corrected chi connectivity index (χ1v) is 7.07. The van der Waals surface area contributed by atoms with Crippen LogP contribution in [0.25, 0.3) is 0 Å². The molecule has 18 heavy (non-hydrogen) atoms. The van der Waals surface area contributed by atoms with E-state index in [9.17, 15) is 0 Å². The third-order valence-electron chi connectivity index (χ3n) is 4.20. The van der Waals surface area contributed by atoms with Crippen molar-refractivity contribution in [3.05, 3.63) is 35.9 Å². The molecule has 94 valence electrons. The van der Waals surface area contributed by atoms with Gasteiger partial charge in [-0.2, -0.15) is 0 Å². The fraction of sp³-hybridized carbons (Fsp3) is 0.529. The van der Waals surface area contributed by atoms with Crippen molar-refractivity contribution in [2.75, 3.05) is 6.61 Å². The summed E-state index contributed by atoms with van der Waals surface area (Å²) in [5.41, 5.74) is 1.32. The fourth-order valence-electron chi connectivity index (χ4n) is 3.19. The molecule has 0 bridgehead atoms. The third-order valence-corrected chi connectivity index (χ3v) is 4.20. The van der Waals surface area contributed by atoms with Crippen LogP contribution in [-0.4, -0.2) is 12.2 Å². The van der Waals surface area contributed by atoms with Crippen molar-refractivity contribution in [2.45, 2.75) is 44.1 Å². The highest BCUT2D eigenvalue weighted by atomic mass is 16.5. The second-order valence-corrected chi connectivity index (χ2v) is 5.56. The van der Waals surface area contributed by atoms with E-state index in [0.717, 1.165) is 18.6 Å². The van der Waals surface area contributed by atoms with Crippen LogP contribution in [0.1, 0.15) is 44.1 Å². The number of hydrogen-bond acceptors (Lipinski definition) is 1. The first kappa shape index (κ1) is 11.8. The van der Waals surface area contributed by atoms with Crippen LogP contribution < -0.4 is 0 Å².